The second-order valence-corrected chi connectivity index (χ2v) is 6.40. The Morgan fingerprint density at radius 3 is 2.75 bits per heavy atom. The van der Waals surface area contributed by atoms with Gasteiger partial charge in [-0.25, -0.2) is 0 Å². The number of rotatable bonds is 10. The molecule has 0 amide bonds. The molecule has 0 aromatic heterocycles. The van der Waals surface area contributed by atoms with Gasteiger partial charge >= 0.3 is 11.9 Å². The molecule has 0 radical (unpaired) electrons. The van der Waals surface area contributed by atoms with Gasteiger partial charge in [-0.1, -0.05) is 32.6 Å². The minimum atomic E-state index is -0.923. The number of carbonyl (C=O) groups excluding carboxylic acids is 2. The molecular weight excluding hydrogens is 316 g/mol. The van der Waals surface area contributed by atoms with Gasteiger partial charge in [-0.3, -0.25) is 9.59 Å². The molecule has 24 heavy (non-hydrogen) atoms. The average molecular weight is 344 g/mol. The van der Waals surface area contributed by atoms with Crippen LogP contribution >= 0.6 is 0 Å². The highest BCUT2D eigenvalue weighted by molar-refractivity contribution is 5.74. The summed E-state index contributed by atoms with van der Waals surface area (Å²) >= 11 is 0. The molecule has 7 heteroatoms. The summed E-state index contributed by atoms with van der Waals surface area (Å²) in [5, 5.41) is 0. The van der Waals surface area contributed by atoms with Gasteiger partial charge in [0.1, 0.15) is 19.5 Å². The monoisotopic (exact) mass is 344 g/mol. The summed E-state index contributed by atoms with van der Waals surface area (Å²) in [7, 11) is 1.52. The average Bonchev–Trinajstić information content (AvgIpc) is 3.10. The smallest absolute Gasteiger partial charge is 0.309 e. The van der Waals surface area contributed by atoms with E-state index in [2.05, 4.69) is 6.92 Å². The van der Waals surface area contributed by atoms with Crippen LogP contribution < -0.4 is 0 Å². The lowest BCUT2D eigenvalue weighted by Crippen LogP contribution is -2.47. The van der Waals surface area contributed by atoms with Crippen molar-refractivity contribution in [1.29, 1.82) is 0 Å². The summed E-state index contributed by atoms with van der Waals surface area (Å²) in [6.45, 7) is 2.56. The molecule has 2 fully saturated rings. The zero-order valence-electron chi connectivity index (χ0n) is 14.6. The van der Waals surface area contributed by atoms with Gasteiger partial charge in [-0.05, 0) is 6.42 Å². The maximum atomic E-state index is 12.2. The number of hydrogen-bond acceptors (Lipinski definition) is 7. The van der Waals surface area contributed by atoms with Crippen LogP contribution in [0.15, 0.2) is 0 Å². The van der Waals surface area contributed by atoms with E-state index >= 15 is 0 Å². The van der Waals surface area contributed by atoms with Crippen molar-refractivity contribution in [3.05, 3.63) is 0 Å². The van der Waals surface area contributed by atoms with E-state index in [4.69, 9.17) is 23.7 Å². The van der Waals surface area contributed by atoms with Gasteiger partial charge in [0, 0.05) is 13.5 Å². The van der Waals surface area contributed by atoms with Crippen molar-refractivity contribution in [3.63, 3.8) is 0 Å². The van der Waals surface area contributed by atoms with Crippen LogP contribution in [0.5, 0.6) is 0 Å². The predicted molar refractivity (Wildman–Crippen MR) is 84.3 cm³/mol. The molecule has 0 N–H and O–H groups in total. The molecule has 0 aliphatic carbocycles. The van der Waals surface area contributed by atoms with Gasteiger partial charge in [0.2, 0.25) is 0 Å². The molecule has 2 saturated heterocycles. The number of esters is 2. The summed E-state index contributed by atoms with van der Waals surface area (Å²) in [5.41, 5.74) is -0.923. The van der Waals surface area contributed by atoms with Crippen molar-refractivity contribution in [2.24, 2.45) is 0 Å². The summed E-state index contributed by atoms with van der Waals surface area (Å²) in [6, 6.07) is 0. The van der Waals surface area contributed by atoms with Crippen molar-refractivity contribution in [1.82, 2.24) is 0 Å². The third-order valence-corrected chi connectivity index (χ3v) is 4.46. The van der Waals surface area contributed by atoms with Crippen molar-refractivity contribution in [2.75, 3.05) is 27.1 Å². The molecule has 1 spiro atoms. The van der Waals surface area contributed by atoms with Crippen LogP contribution in [0.25, 0.3) is 0 Å². The molecule has 0 unspecified atom stereocenters. The molecule has 3 atom stereocenters. The highest BCUT2D eigenvalue weighted by Crippen LogP contribution is 2.38. The van der Waals surface area contributed by atoms with E-state index in [9.17, 15) is 9.59 Å². The SMILES string of the molecule is CCCCCCCC(=O)O[C@H]1[C@H](OCOC)CO[C@]12COC(=O)C2. The Hall–Kier alpha value is -1.18. The highest BCUT2D eigenvalue weighted by atomic mass is 16.7. The molecule has 2 heterocycles. The van der Waals surface area contributed by atoms with Crippen molar-refractivity contribution in [3.8, 4) is 0 Å². The minimum absolute atomic E-state index is 0.0734. The molecule has 0 aromatic rings. The van der Waals surface area contributed by atoms with Crippen LogP contribution in [0.2, 0.25) is 0 Å². The number of hydrogen-bond donors (Lipinski definition) is 0. The highest BCUT2D eigenvalue weighted by Gasteiger charge is 2.58. The summed E-state index contributed by atoms with van der Waals surface area (Å²) in [6.07, 6.45) is 4.63. The molecule has 7 nitrogen and oxygen atoms in total. The zero-order chi connectivity index (χ0) is 17.4. The summed E-state index contributed by atoms with van der Waals surface area (Å²) in [5.74, 6) is -0.630. The van der Waals surface area contributed by atoms with Crippen molar-refractivity contribution >= 4 is 11.9 Å². The van der Waals surface area contributed by atoms with Gasteiger partial charge < -0.3 is 23.7 Å². The minimum Gasteiger partial charge on any atom is -0.462 e. The summed E-state index contributed by atoms with van der Waals surface area (Å²) < 4.78 is 26.9. The number of ether oxygens (including phenoxy) is 5. The normalized spacial score (nSPS) is 29.2. The molecule has 2 aliphatic heterocycles. The second-order valence-electron chi connectivity index (χ2n) is 6.40. The lowest BCUT2D eigenvalue weighted by atomic mass is 9.94. The molecule has 138 valence electrons. The largest absolute Gasteiger partial charge is 0.462 e. The van der Waals surface area contributed by atoms with Crippen LogP contribution in [0.1, 0.15) is 51.9 Å². The molecule has 2 rings (SSSR count). The topological polar surface area (TPSA) is 80.3 Å². The third kappa shape index (κ3) is 4.91. The molecular formula is C17H28O7. The first-order chi connectivity index (χ1) is 11.6. The van der Waals surface area contributed by atoms with E-state index in [0.717, 1.165) is 19.3 Å². The van der Waals surface area contributed by atoms with Crippen LogP contribution in [0, 0.1) is 0 Å². The molecule has 0 bridgehead atoms. The van der Waals surface area contributed by atoms with Crippen molar-refractivity contribution in [2.45, 2.75) is 69.7 Å². The fourth-order valence-electron chi connectivity index (χ4n) is 3.13. The van der Waals surface area contributed by atoms with E-state index in [1.54, 1.807) is 0 Å². The predicted octanol–water partition coefficient (Wildman–Crippen LogP) is 1.96. The quantitative estimate of drug-likeness (QED) is 0.340. The number of cyclic esters (lactones) is 1. The third-order valence-electron chi connectivity index (χ3n) is 4.46. The Kier molecular flexibility index (Phi) is 7.45. The fraction of sp³-hybridized carbons (Fsp3) is 0.882. The standard InChI is InChI=1S/C17H28O7/c1-3-4-5-6-7-8-14(18)24-16-13(22-12-20-2)10-23-17(16)9-15(19)21-11-17/h13,16H,3-12H2,1-2H3/t13-,16+,17-/m1/s1. The van der Waals surface area contributed by atoms with Gasteiger partial charge in [0.05, 0.1) is 13.0 Å². The van der Waals surface area contributed by atoms with E-state index < -0.39 is 17.8 Å². The van der Waals surface area contributed by atoms with Gasteiger partial charge in [-0.2, -0.15) is 0 Å². The molecule has 0 saturated carbocycles. The Morgan fingerprint density at radius 2 is 2.08 bits per heavy atom. The fourth-order valence-corrected chi connectivity index (χ4v) is 3.13. The van der Waals surface area contributed by atoms with E-state index in [1.165, 1.54) is 20.0 Å². The number of methoxy groups -OCH3 is 1. The van der Waals surface area contributed by atoms with Gasteiger partial charge in [-0.15, -0.1) is 0 Å². The Morgan fingerprint density at radius 1 is 1.29 bits per heavy atom. The van der Waals surface area contributed by atoms with E-state index in [0.29, 0.717) is 6.42 Å². The number of carbonyl (C=O) groups is 2. The van der Waals surface area contributed by atoms with E-state index in [1.807, 2.05) is 0 Å². The first kappa shape index (κ1) is 19.1. The Bertz CT molecular complexity index is 425. The molecule has 0 aromatic carbocycles. The lowest BCUT2D eigenvalue weighted by Gasteiger charge is -2.28. The Balaban J connectivity index is 1.88. The number of unbranched alkanes of at least 4 members (excludes halogenated alkanes) is 4. The van der Waals surface area contributed by atoms with Crippen LogP contribution in [0.4, 0.5) is 0 Å². The van der Waals surface area contributed by atoms with Crippen LogP contribution in [-0.4, -0.2) is 56.9 Å². The first-order valence-electron chi connectivity index (χ1n) is 8.71. The van der Waals surface area contributed by atoms with Crippen LogP contribution in [-0.2, 0) is 33.3 Å². The van der Waals surface area contributed by atoms with E-state index in [-0.39, 0.29) is 38.4 Å². The first-order valence-corrected chi connectivity index (χ1v) is 8.71. The van der Waals surface area contributed by atoms with Crippen LogP contribution in [0.3, 0.4) is 0 Å². The zero-order valence-corrected chi connectivity index (χ0v) is 14.6. The van der Waals surface area contributed by atoms with Gasteiger partial charge in [0.15, 0.2) is 11.7 Å². The molecule has 2 aliphatic rings. The summed E-state index contributed by atoms with van der Waals surface area (Å²) in [4.78, 5) is 23.7. The maximum absolute atomic E-state index is 12.2. The van der Waals surface area contributed by atoms with Crippen molar-refractivity contribution < 1.29 is 33.3 Å². The lowest BCUT2D eigenvalue weighted by molar-refractivity contribution is -0.170. The maximum Gasteiger partial charge on any atom is 0.309 e. The van der Waals surface area contributed by atoms with Gasteiger partial charge in [0.25, 0.3) is 0 Å². The Labute approximate surface area is 142 Å². The second kappa shape index (κ2) is 9.34.